The van der Waals surface area contributed by atoms with Crippen molar-refractivity contribution in [3.8, 4) is 6.07 Å². The summed E-state index contributed by atoms with van der Waals surface area (Å²) in [4.78, 5) is 13.3. The van der Waals surface area contributed by atoms with Gasteiger partial charge in [-0.3, -0.25) is 4.79 Å². The van der Waals surface area contributed by atoms with Crippen molar-refractivity contribution in [2.45, 2.75) is 18.7 Å². The van der Waals surface area contributed by atoms with E-state index in [1.807, 2.05) is 6.07 Å². The third kappa shape index (κ3) is 4.65. The van der Waals surface area contributed by atoms with Crippen molar-refractivity contribution in [1.29, 1.82) is 5.26 Å². The van der Waals surface area contributed by atoms with Gasteiger partial charge in [0.05, 0.1) is 16.5 Å². The minimum Gasteiger partial charge on any atom is -0.311 e. The lowest BCUT2D eigenvalue weighted by Crippen LogP contribution is -2.37. The zero-order valence-corrected chi connectivity index (χ0v) is 15.2. The molecule has 2 aromatic rings. The normalized spacial score (nSPS) is 11.0. The molecular formula is C18H18FN3O3S. The highest BCUT2D eigenvalue weighted by Gasteiger charge is 2.18. The Kier molecular flexibility index (Phi) is 6.08. The molecule has 2 aromatic carbocycles. The Hall–Kier alpha value is -2.76. The number of aryl methyl sites for hydroxylation is 1. The molecule has 0 bridgehead atoms. The smallest absolute Gasteiger partial charge is 0.240 e. The number of nitriles is 1. The van der Waals surface area contributed by atoms with Gasteiger partial charge in [-0.25, -0.2) is 17.5 Å². The molecule has 26 heavy (non-hydrogen) atoms. The average molecular weight is 375 g/mol. The van der Waals surface area contributed by atoms with Gasteiger partial charge in [0.1, 0.15) is 5.82 Å². The van der Waals surface area contributed by atoms with Crippen LogP contribution in [-0.4, -0.2) is 27.4 Å². The quantitative estimate of drug-likeness (QED) is 0.839. The fraction of sp³-hybridized carbons (Fsp3) is 0.222. The Morgan fingerprint density at radius 2 is 1.88 bits per heavy atom. The summed E-state index contributed by atoms with van der Waals surface area (Å²) in [5.74, 6) is -0.767. The number of carbonyl (C=O) groups excluding carboxylic acids is 1. The van der Waals surface area contributed by atoms with E-state index in [9.17, 15) is 17.6 Å². The molecule has 2 rings (SSSR count). The highest BCUT2D eigenvalue weighted by Crippen LogP contribution is 2.17. The van der Waals surface area contributed by atoms with E-state index in [1.54, 1.807) is 24.3 Å². The molecular weight excluding hydrogens is 357 g/mol. The molecule has 6 nitrogen and oxygen atoms in total. The lowest BCUT2D eigenvalue weighted by Gasteiger charge is -2.21. The van der Waals surface area contributed by atoms with Crippen LogP contribution in [0.3, 0.4) is 0 Å². The third-order valence-electron chi connectivity index (χ3n) is 3.74. The Bertz CT molecular complexity index is 951. The van der Waals surface area contributed by atoms with E-state index in [-0.39, 0.29) is 23.9 Å². The summed E-state index contributed by atoms with van der Waals surface area (Å²) in [6, 6.07) is 11.8. The van der Waals surface area contributed by atoms with E-state index in [1.165, 1.54) is 24.8 Å². The molecule has 0 aliphatic heterocycles. The summed E-state index contributed by atoms with van der Waals surface area (Å²) in [5.41, 5.74) is 1.33. The van der Waals surface area contributed by atoms with Gasteiger partial charge in [-0.15, -0.1) is 0 Å². The fourth-order valence-corrected chi connectivity index (χ4v) is 3.71. The van der Waals surface area contributed by atoms with Crippen LogP contribution >= 0.6 is 0 Å². The topological polar surface area (TPSA) is 90.3 Å². The van der Waals surface area contributed by atoms with Crippen molar-refractivity contribution < 1.29 is 17.6 Å². The molecule has 0 atom stereocenters. The first kappa shape index (κ1) is 19.6. The van der Waals surface area contributed by atoms with E-state index in [0.29, 0.717) is 16.8 Å². The van der Waals surface area contributed by atoms with Crippen molar-refractivity contribution in [2.75, 3.05) is 18.0 Å². The number of nitrogens with zero attached hydrogens (tertiary/aromatic N) is 2. The van der Waals surface area contributed by atoms with Gasteiger partial charge >= 0.3 is 0 Å². The molecule has 8 heteroatoms. The van der Waals surface area contributed by atoms with Crippen LogP contribution in [-0.2, 0) is 14.8 Å². The van der Waals surface area contributed by atoms with Crippen LogP contribution in [0.25, 0.3) is 0 Å². The highest BCUT2D eigenvalue weighted by molar-refractivity contribution is 7.89. The summed E-state index contributed by atoms with van der Waals surface area (Å²) in [6.07, 6.45) is 0. The highest BCUT2D eigenvalue weighted by atomic mass is 32.2. The number of carbonyl (C=O) groups is 1. The van der Waals surface area contributed by atoms with Crippen molar-refractivity contribution in [3.05, 3.63) is 59.4 Å². The Balaban J connectivity index is 2.09. The van der Waals surface area contributed by atoms with Crippen molar-refractivity contribution in [2.24, 2.45) is 0 Å². The molecule has 0 saturated heterocycles. The van der Waals surface area contributed by atoms with Crippen molar-refractivity contribution >= 4 is 21.6 Å². The number of amides is 1. The van der Waals surface area contributed by atoms with Gasteiger partial charge in [-0.05, 0) is 55.0 Å². The number of hydrogen-bond donors (Lipinski definition) is 1. The summed E-state index contributed by atoms with van der Waals surface area (Å²) in [7, 11) is -3.82. The van der Waals surface area contributed by atoms with E-state index >= 15 is 0 Å². The molecule has 0 radical (unpaired) electrons. The van der Waals surface area contributed by atoms with Crippen LogP contribution in [0.5, 0.6) is 0 Å². The summed E-state index contributed by atoms with van der Waals surface area (Å²) >= 11 is 0. The van der Waals surface area contributed by atoms with E-state index in [2.05, 4.69) is 4.72 Å². The lowest BCUT2D eigenvalue weighted by atomic mass is 10.2. The van der Waals surface area contributed by atoms with Crippen LogP contribution in [0.2, 0.25) is 0 Å². The Labute approximate surface area is 151 Å². The van der Waals surface area contributed by atoms with Gasteiger partial charge in [-0.2, -0.15) is 5.26 Å². The number of hydrogen-bond acceptors (Lipinski definition) is 4. The predicted octanol–water partition coefficient (Wildman–Crippen LogP) is 2.34. The monoisotopic (exact) mass is 375 g/mol. The second-order valence-electron chi connectivity index (χ2n) is 5.64. The number of halogens is 1. The number of anilines is 1. The molecule has 0 spiro atoms. The minimum absolute atomic E-state index is 0.00773. The molecule has 1 amide bonds. The first-order valence-electron chi connectivity index (χ1n) is 7.78. The van der Waals surface area contributed by atoms with Crippen molar-refractivity contribution in [3.63, 3.8) is 0 Å². The second kappa shape index (κ2) is 8.08. The van der Waals surface area contributed by atoms with Gasteiger partial charge in [0.15, 0.2) is 0 Å². The van der Waals surface area contributed by atoms with Gasteiger partial charge in [0, 0.05) is 25.7 Å². The molecule has 136 valence electrons. The zero-order valence-electron chi connectivity index (χ0n) is 14.4. The maximum absolute atomic E-state index is 13.1. The van der Waals surface area contributed by atoms with Crippen LogP contribution in [0.4, 0.5) is 10.1 Å². The minimum atomic E-state index is -3.82. The van der Waals surface area contributed by atoms with Crippen molar-refractivity contribution in [1.82, 2.24) is 4.72 Å². The van der Waals surface area contributed by atoms with E-state index < -0.39 is 15.8 Å². The van der Waals surface area contributed by atoms with Crippen LogP contribution < -0.4 is 9.62 Å². The molecule has 0 saturated carbocycles. The summed E-state index contributed by atoms with van der Waals surface area (Å²) in [6.45, 7) is 2.98. The Morgan fingerprint density at radius 3 is 2.42 bits per heavy atom. The molecule has 0 aliphatic rings. The number of rotatable bonds is 6. The largest absolute Gasteiger partial charge is 0.311 e. The van der Waals surface area contributed by atoms with Gasteiger partial charge in [-0.1, -0.05) is 0 Å². The molecule has 0 fully saturated rings. The molecule has 0 unspecified atom stereocenters. The average Bonchev–Trinajstić information content (AvgIpc) is 2.58. The van der Waals surface area contributed by atoms with Crippen LogP contribution in [0, 0.1) is 24.1 Å². The number of sulfonamides is 1. The van der Waals surface area contributed by atoms with Crippen LogP contribution in [0.15, 0.2) is 47.4 Å². The maximum Gasteiger partial charge on any atom is 0.240 e. The van der Waals surface area contributed by atoms with Gasteiger partial charge in [0.2, 0.25) is 15.9 Å². The molecule has 0 aliphatic carbocycles. The summed E-state index contributed by atoms with van der Waals surface area (Å²) < 4.78 is 40.3. The maximum atomic E-state index is 13.1. The zero-order chi connectivity index (χ0) is 19.3. The molecule has 1 N–H and O–H groups in total. The van der Waals surface area contributed by atoms with Crippen LogP contribution in [0.1, 0.15) is 18.1 Å². The first-order chi connectivity index (χ1) is 12.2. The standard InChI is InChI=1S/C18H18FN3O3S/c1-13-11-16(19)5-8-18(13)26(24,25)21-9-10-22(14(2)23)17-6-3-15(12-20)4-7-17/h3-8,11,21H,9-10H2,1-2H3. The fourth-order valence-electron chi connectivity index (χ4n) is 2.47. The molecule has 0 heterocycles. The second-order valence-corrected chi connectivity index (χ2v) is 7.37. The lowest BCUT2D eigenvalue weighted by molar-refractivity contribution is -0.116. The molecule has 0 aromatic heterocycles. The number of benzene rings is 2. The Morgan fingerprint density at radius 1 is 1.23 bits per heavy atom. The van der Waals surface area contributed by atoms with Gasteiger partial charge in [0.25, 0.3) is 0 Å². The van der Waals surface area contributed by atoms with E-state index in [0.717, 1.165) is 12.1 Å². The SMILES string of the molecule is CC(=O)N(CCNS(=O)(=O)c1ccc(F)cc1C)c1ccc(C#N)cc1. The van der Waals surface area contributed by atoms with E-state index in [4.69, 9.17) is 5.26 Å². The number of nitrogens with one attached hydrogen (secondary N) is 1. The first-order valence-corrected chi connectivity index (χ1v) is 9.27. The van der Waals surface area contributed by atoms with Gasteiger partial charge < -0.3 is 4.90 Å². The predicted molar refractivity (Wildman–Crippen MR) is 95.5 cm³/mol. The third-order valence-corrected chi connectivity index (χ3v) is 5.36. The summed E-state index contributed by atoms with van der Waals surface area (Å²) in [5, 5.41) is 8.82.